The molecule has 0 spiro atoms. The van der Waals surface area contributed by atoms with Gasteiger partial charge in [0.25, 0.3) is 0 Å². The molecule has 19 heavy (non-hydrogen) atoms. The molecule has 0 saturated carbocycles. The molecule has 1 unspecified atom stereocenters. The summed E-state index contributed by atoms with van der Waals surface area (Å²) in [5.41, 5.74) is -3.08. The molecule has 0 aliphatic rings. The molecular formula is C15H21ClO3. The zero-order valence-corrected chi connectivity index (χ0v) is 12.7. The SMILES string of the molecule is CC(C)(C)C(C(=O)O)(c1cccc(Cl)c1)C(C)(C)O. The first kappa shape index (κ1) is 16.0. The second-order valence-corrected chi connectivity index (χ2v) is 6.81. The lowest BCUT2D eigenvalue weighted by molar-refractivity contribution is -0.164. The number of aliphatic carboxylic acids is 1. The topological polar surface area (TPSA) is 57.5 Å². The van der Waals surface area contributed by atoms with Gasteiger partial charge in [0.15, 0.2) is 0 Å². The number of hydrogen-bond acceptors (Lipinski definition) is 2. The van der Waals surface area contributed by atoms with Crippen LogP contribution in [0.15, 0.2) is 24.3 Å². The molecule has 1 aromatic carbocycles. The molecule has 1 atom stereocenters. The summed E-state index contributed by atoms with van der Waals surface area (Å²) in [5, 5.41) is 20.8. The predicted octanol–water partition coefficient (Wildman–Crippen LogP) is 3.48. The van der Waals surface area contributed by atoms with Crippen LogP contribution in [0, 0.1) is 5.41 Å². The minimum Gasteiger partial charge on any atom is -0.480 e. The molecule has 0 radical (unpaired) electrons. The highest BCUT2D eigenvalue weighted by Crippen LogP contribution is 2.49. The number of halogens is 1. The Morgan fingerprint density at radius 1 is 1.16 bits per heavy atom. The van der Waals surface area contributed by atoms with Gasteiger partial charge in [-0.3, -0.25) is 4.79 Å². The van der Waals surface area contributed by atoms with Crippen molar-refractivity contribution in [2.24, 2.45) is 5.41 Å². The van der Waals surface area contributed by atoms with Crippen molar-refractivity contribution in [3.8, 4) is 0 Å². The maximum absolute atomic E-state index is 12.0. The van der Waals surface area contributed by atoms with Crippen molar-refractivity contribution in [1.82, 2.24) is 0 Å². The summed E-state index contributed by atoms with van der Waals surface area (Å²) in [6.07, 6.45) is 0. The van der Waals surface area contributed by atoms with Crippen LogP contribution in [0.3, 0.4) is 0 Å². The Morgan fingerprint density at radius 3 is 2.00 bits per heavy atom. The summed E-state index contributed by atoms with van der Waals surface area (Å²) in [7, 11) is 0. The molecule has 0 amide bonds. The summed E-state index contributed by atoms with van der Waals surface area (Å²) in [4.78, 5) is 12.0. The smallest absolute Gasteiger partial charge is 0.317 e. The van der Waals surface area contributed by atoms with Crippen molar-refractivity contribution in [3.05, 3.63) is 34.9 Å². The number of benzene rings is 1. The fourth-order valence-electron chi connectivity index (χ4n) is 3.13. The molecule has 1 rings (SSSR count). The van der Waals surface area contributed by atoms with Crippen molar-refractivity contribution in [2.45, 2.75) is 45.6 Å². The van der Waals surface area contributed by atoms with E-state index in [9.17, 15) is 15.0 Å². The van der Waals surface area contributed by atoms with E-state index in [0.29, 0.717) is 10.6 Å². The molecule has 1 aromatic rings. The molecule has 4 heteroatoms. The van der Waals surface area contributed by atoms with Gasteiger partial charge in [0.2, 0.25) is 0 Å². The van der Waals surface area contributed by atoms with Gasteiger partial charge in [-0.05, 0) is 37.0 Å². The number of carboxylic acids is 1. The highest BCUT2D eigenvalue weighted by molar-refractivity contribution is 6.30. The maximum atomic E-state index is 12.0. The van der Waals surface area contributed by atoms with Gasteiger partial charge < -0.3 is 10.2 Å². The van der Waals surface area contributed by atoms with Crippen LogP contribution in [0.5, 0.6) is 0 Å². The Kier molecular flexibility index (Phi) is 4.04. The summed E-state index contributed by atoms with van der Waals surface area (Å²) in [5.74, 6) is -1.06. The van der Waals surface area contributed by atoms with E-state index in [1.165, 1.54) is 13.8 Å². The van der Waals surface area contributed by atoms with Gasteiger partial charge in [0.1, 0.15) is 5.41 Å². The van der Waals surface area contributed by atoms with Gasteiger partial charge in [-0.2, -0.15) is 0 Å². The highest BCUT2D eigenvalue weighted by Gasteiger charge is 2.59. The van der Waals surface area contributed by atoms with E-state index in [0.717, 1.165) is 0 Å². The Hall–Kier alpha value is -1.06. The van der Waals surface area contributed by atoms with Crippen LogP contribution in [0.1, 0.15) is 40.2 Å². The van der Waals surface area contributed by atoms with Crippen molar-refractivity contribution in [1.29, 1.82) is 0 Å². The van der Waals surface area contributed by atoms with Gasteiger partial charge in [-0.25, -0.2) is 0 Å². The molecule has 0 heterocycles. The second kappa shape index (κ2) is 4.80. The number of rotatable bonds is 3. The number of carboxylic acid groups (broad SMARTS) is 1. The van der Waals surface area contributed by atoms with Crippen LogP contribution in [0.4, 0.5) is 0 Å². The zero-order valence-electron chi connectivity index (χ0n) is 12.0. The fourth-order valence-corrected chi connectivity index (χ4v) is 3.32. The average Bonchev–Trinajstić information content (AvgIpc) is 2.12. The quantitative estimate of drug-likeness (QED) is 0.893. The third-order valence-electron chi connectivity index (χ3n) is 3.62. The molecule has 0 saturated heterocycles. The first-order valence-corrected chi connectivity index (χ1v) is 6.54. The number of carbonyl (C=O) groups is 1. The lowest BCUT2D eigenvalue weighted by Gasteiger charge is -2.49. The molecule has 3 nitrogen and oxygen atoms in total. The lowest BCUT2D eigenvalue weighted by atomic mass is 9.55. The Morgan fingerprint density at radius 2 is 1.68 bits per heavy atom. The van der Waals surface area contributed by atoms with Gasteiger partial charge in [0.05, 0.1) is 5.60 Å². The van der Waals surface area contributed by atoms with Crippen LogP contribution >= 0.6 is 11.6 Å². The van der Waals surface area contributed by atoms with Crippen LogP contribution < -0.4 is 0 Å². The van der Waals surface area contributed by atoms with E-state index in [1.54, 1.807) is 45.0 Å². The van der Waals surface area contributed by atoms with Crippen molar-refractivity contribution in [3.63, 3.8) is 0 Å². The van der Waals surface area contributed by atoms with Crippen LogP contribution in [-0.4, -0.2) is 21.8 Å². The highest BCUT2D eigenvalue weighted by atomic mass is 35.5. The van der Waals surface area contributed by atoms with Crippen LogP contribution in [0.25, 0.3) is 0 Å². The number of aliphatic hydroxyl groups is 1. The van der Waals surface area contributed by atoms with E-state index in [2.05, 4.69) is 0 Å². The second-order valence-electron chi connectivity index (χ2n) is 6.37. The van der Waals surface area contributed by atoms with Crippen molar-refractivity contribution >= 4 is 17.6 Å². The van der Waals surface area contributed by atoms with Gasteiger partial charge in [0, 0.05) is 5.02 Å². The summed E-state index contributed by atoms with van der Waals surface area (Å²) in [6, 6.07) is 6.69. The zero-order chi connectivity index (χ0) is 15.1. The Bertz CT molecular complexity index is 467. The van der Waals surface area contributed by atoms with Crippen molar-refractivity contribution in [2.75, 3.05) is 0 Å². The summed E-state index contributed by atoms with van der Waals surface area (Å²) < 4.78 is 0. The van der Waals surface area contributed by atoms with E-state index in [1.807, 2.05) is 0 Å². The third kappa shape index (κ3) is 2.49. The number of hydrogen-bond donors (Lipinski definition) is 2. The van der Waals surface area contributed by atoms with E-state index in [-0.39, 0.29) is 0 Å². The molecule has 0 aliphatic carbocycles. The van der Waals surface area contributed by atoms with Crippen LogP contribution in [-0.2, 0) is 10.2 Å². The molecule has 0 bridgehead atoms. The Labute approximate surface area is 119 Å². The molecule has 0 fully saturated rings. The standard InChI is InChI=1S/C15H21ClO3/c1-13(2,3)15(12(17)18,14(4,5)19)10-7-6-8-11(16)9-10/h6-9,19H,1-5H3,(H,17,18). The largest absolute Gasteiger partial charge is 0.480 e. The minimum atomic E-state index is -1.45. The average molecular weight is 285 g/mol. The monoisotopic (exact) mass is 284 g/mol. The lowest BCUT2D eigenvalue weighted by Crippen LogP contribution is -2.60. The first-order valence-electron chi connectivity index (χ1n) is 6.16. The van der Waals surface area contributed by atoms with Gasteiger partial charge >= 0.3 is 5.97 Å². The minimum absolute atomic E-state index is 0.455. The van der Waals surface area contributed by atoms with Crippen LogP contribution in [0.2, 0.25) is 5.02 Å². The summed E-state index contributed by atoms with van der Waals surface area (Å²) in [6.45, 7) is 8.46. The normalized spacial score (nSPS) is 15.9. The van der Waals surface area contributed by atoms with E-state index >= 15 is 0 Å². The summed E-state index contributed by atoms with van der Waals surface area (Å²) >= 11 is 5.98. The van der Waals surface area contributed by atoms with Crippen molar-refractivity contribution < 1.29 is 15.0 Å². The van der Waals surface area contributed by atoms with E-state index < -0.39 is 22.4 Å². The Balaban J connectivity index is 3.74. The molecule has 106 valence electrons. The molecule has 0 aliphatic heterocycles. The van der Waals surface area contributed by atoms with Gasteiger partial charge in [-0.1, -0.05) is 44.5 Å². The molecule has 2 N–H and O–H groups in total. The van der Waals surface area contributed by atoms with E-state index in [4.69, 9.17) is 11.6 Å². The maximum Gasteiger partial charge on any atom is 0.317 e. The molecule has 0 aromatic heterocycles. The van der Waals surface area contributed by atoms with Gasteiger partial charge in [-0.15, -0.1) is 0 Å². The molecular weight excluding hydrogens is 264 g/mol. The predicted molar refractivity (Wildman–Crippen MR) is 76.5 cm³/mol. The first-order chi connectivity index (χ1) is 8.44. The fraction of sp³-hybridized carbons (Fsp3) is 0.533. The third-order valence-corrected chi connectivity index (χ3v) is 3.86.